The average Bonchev–Trinajstić information content (AvgIpc) is 2.71. The van der Waals surface area contributed by atoms with E-state index < -0.39 is 58.0 Å². The molecule has 3 aliphatic rings. The summed E-state index contributed by atoms with van der Waals surface area (Å²) in [6, 6.07) is 4.80. The Bertz CT molecular complexity index is 1090. The number of amides is 1. The molecule has 31 heavy (non-hydrogen) atoms. The Balaban J connectivity index is 2.07. The SMILES string of the molecule is CNC12C(=O)C3=C(O)c4c(O)cccc4C(C)C3C(OC)C1CC(=O)C(C(N)=O)=C2O. The number of fused-ring (bicyclic) bond motifs is 3. The van der Waals surface area contributed by atoms with Crippen LogP contribution in [0.25, 0.3) is 5.76 Å². The highest BCUT2D eigenvalue weighted by atomic mass is 16.5. The van der Waals surface area contributed by atoms with Gasteiger partial charge in [-0.3, -0.25) is 14.4 Å². The van der Waals surface area contributed by atoms with Gasteiger partial charge in [0.25, 0.3) is 5.91 Å². The number of aliphatic hydroxyl groups excluding tert-OH is 2. The number of Topliss-reactive ketones (excluding diaryl/α,β-unsaturated/α-hetero) is 2. The minimum atomic E-state index is -1.89. The van der Waals surface area contributed by atoms with Gasteiger partial charge in [0.05, 0.1) is 11.7 Å². The molecule has 9 heteroatoms. The number of nitrogens with two attached hydrogens (primary N) is 1. The van der Waals surface area contributed by atoms with E-state index in [1.165, 1.54) is 20.2 Å². The fraction of sp³-hybridized carbons (Fsp3) is 0.409. The lowest BCUT2D eigenvalue weighted by Gasteiger charge is -2.53. The summed E-state index contributed by atoms with van der Waals surface area (Å²) in [5.74, 6) is -5.73. The summed E-state index contributed by atoms with van der Waals surface area (Å²) in [7, 11) is 2.84. The molecule has 1 fully saturated rings. The number of ketones is 2. The zero-order valence-corrected chi connectivity index (χ0v) is 17.3. The van der Waals surface area contributed by atoms with Crippen molar-refractivity contribution in [1.29, 1.82) is 0 Å². The zero-order valence-electron chi connectivity index (χ0n) is 17.3. The summed E-state index contributed by atoms with van der Waals surface area (Å²) in [6.45, 7) is 1.84. The maximum atomic E-state index is 13.9. The minimum Gasteiger partial charge on any atom is -0.509 e. The number of nitrogens with one attached hydrogen (secondary N) is 1. The van der Waals surface area contributed by atoms with Crippen LogP contribution >= 0.6 is 0 Å². The Kier molecular flexibility index (Phi) is 4.71. The lowest BCUT2D eigenvalue weighted by atomic mass is 9.54. The monoisotopic (exact) mass is 428 g/mol. The third-order valence-corrected chi connectivity index (χ3v) is 7.05. The molecule has 4 rings (SSSR count). The van der Waals surface area contributed by atoms with Gasteiger partial charge in [-0.25, -0.2) is 0 Å². The number of rotatable bonds is 3. The van der Waals surface area contributed by atoms with Gasteiger partial charge < -0.3 is 31.1 Å². The van der Waals surface area contributed by atoms with Crippen molar-refractivity contribution in [2.75, 3.05) is 14.2 Å². The lowest BCUT2D eigenvalue weighted by Crippen LogP contribution is -2.69. The predicted molar refractivity (Wildman–Crippen MR) is 109 cm³/mol. The average molecular weight is 428 g/mol. The summed E-state index contributed by atoms with van der Waals surface area (Å²) in [6.07, 6.45) is -1.02. The molecule has 1 amide bonds. The van der Waals surface area contributed by atoms with Crippen molar-refractivity contribution in [3.05, 3.63) is 46.2 Å². The van der Waals surface area contributed by atoms with Gasteiger partial charge in [0.1, 0.15) is 28.4 Å². The fourth-order valence-electron chi connectivity index (χ4n) is 5.68. The molecule has 6 N–H and O–H groups in total. The van der Waals surface area contributed by atoms with E-state index in [1.807, 2.05) is 6.92 Å². The van der Waals surface area contributed by atoms with Crippen molar-refractivity contribution in [1.82, 2.24) is 5.32 Å². The van der Waals surface area contributed by atoms with Gasteiger partial charge >= 0.3 is 0 Å². The first-order chi connectivity index (χ1) is 14.6. The number of carbonyl (C=O) groups excluding carboxylic acids is 3. The third kappa shape index (κ3) is 2.47. The van der Waals surface area contributed by atoms with Crippen LogP contribution in [0.15, 0.2) is 35.1 Å². The number of aliphatic hydroxyl groups is 2. The smallest absolute Gasteiger partial charge is 0.255 e. The standard InChI is InChI=1S/C22H24N2O7/c1-8-9-5-4-6-11(25)14(9)17(27)16-13(8)18(31-3)10-7-12(26)15(21(23)30)19(28)22(10,24-2)20(16)29/h4-6,8,10,13,18,24-25,27-28H,7H2,1-3H3,(H2,23,30). The van der Waals surface area contributed by atoms with Crippen molar-refractivity contribution in [2.24, 2.45) is 17.6 Å². The van der Waals surface area contributed by atoms with Gasteiger partial charge in [-0.1, -0.05) is 19.1 Å². The van der Waals surface area contributed by atoms with Crippen LogP contribution in [-0.4, -0.2) is 58.6 Å². The molecule has 1 aromatic rings. The number of phenolic OH excluding ortho intramolecular Hbond substituents is 1. The van der Waals surface area contributed by atoms with E-state index in [4.69, 9.17) is 10.5 Å². The molecule has 0 heterocycles. The lowest BCUT2D eigenvalue weighted by molar-refractivity contribution is -0.140. The van der Waals surface area contributed by atoms with Crippen LogP contribution < -0.4 is 11.1 Å². The second kappa shape index (κ2) is 6.93. The number of hydrogen-bond acceptors (Lipinski definition) is 8. The molecule has 164 valence electrons. The summed E-state index contributed by atoms with van der Waals surface area (Å²) in [4.78, 5) is 38.5. The van der Waals surface area contributed by atoms with E-state index >= 15 is 0 Å². The van der Waals surface area contributed by atoms with Crippen LogP contribution in [0.2, 0.25) is 0 Å². The Labute approximate surface area is 178 Å². The van der Waals surface area contributed by atoms with Crippen LogP contribution in [0.1, 0.15) is 30.4 Å². The highest BCUT2D eigenvalue weighted by Gasteiger charge is 2.65. The van der Waals surface area contributed by atoms with Gasteiger partial charge in [0.15, 0.2) is 11.6 Å². The normalized spacial score (nSPS) is 32.5. The number of carbonyl (C=O) groups is 3. The van der Waals surface area contributed by atoms with Gasteiger partial charge in [-0.15, -0.1) is 0 Å². The first kappa shape index (κ1) is 21.1. The maximum absolute atomic E-state index is 13.9. The maximum Gasteiger partial charge on any atom is 0.255 e. The summed E-state index contributed by atoms with van der Waals surface area (Å²) >= 11 is 0. The zero-order chi connectivity index (χ0) is 22.8. The van der Waals surface area contributed by atoms with E-state index in [9.17, 15) is 29.7 Å². The number of aromatic hydroxyl groups is 1. The second-order valence-corrected chi connectivity index (χ2v) is 8.23. The van der Waals surface area contributed by atoms with Gasteiger partial charge in [-0.05, 0) is 24.6 Å². The van der Waals surface area contributed by atoms with Gasteiger partial charge in [0.2, 0.25) is 0 Å². The predicted octanol–water partition coefficient (Wildman–Crippen LogP) is 0.837. The molecule has 0 aromatic heterocycles. The van der Waals surface area contributed by atoms with E-state index in [2.05, 4.69) is 5.32 Å². The molecule has 5 unspecified atom stereocenters. The molecule has 0 radical (unpaired) electrons. The Morgan fingerprint density at radius 1 is 1.26 bits per heavy atom. The van der Waals surface area contributed by atoms with E-state index in [1.54, 1.807) is 12.1 Å². The fourth-order valence-corrected chi connectivity index (χ4v) is 5.68. The molecule has 3 aliphatic carbocycles. The molecule has 0 aliphatic heterocycles. The third-order valence-electron chi connectivity index (χ3n) is 7.05. The van der Waals surface area contributed by atoms with Crippen LogP contribution in [0.3, 0.4) is 0 Å². The largest absolute Gasteiger partial charge is 0.509 e. The van der Waals surface area contributed by atoms with Crippen molar-refractivity contribution in [3.8, 4) is 5.75 Å². The Morgan fingerprint density at radius 2 is 1.94 bits per heavy atom. The van der Waals surface area contributed by atoms with E-state index in [0.29, 0.717) is 5.56 Å². The van der Waals surface area contributed by atoms with Crippen molar-refractivity contribution >= 4 is 23.2 Å². The second-order valence-electron chi connectivity index (χ2n) is 8.23. The van der Waals surface area contributed by atoms with Crippen LogP contribution in [0.5, 0.6) is 5.75 Å². The molecule has 0 saturated heterocycles. The van der Waals surface area contributed by atoms with Crippen molar-refractivity contribution in [2.45, 2.75) is 30.9 Å². The summed E-state index contributed by atoms with van der Waals surface area (Å²) < 4.78 is 5.76. The molecule has 1 saturated carbocycles. The van der Waals surface area contributed by atoms with Gasteiger partial charge in [-0.2, -0.15) is 0 Å². The van der Waals surface area contributed by atoms with Crippen LogP contribution in [-0.2, 0) is 19.1 Å². The topological polar surface area (TPSA) is 159 Å². The molecule has 1 aromatic carbocycles. The Morgan fingerprint density at radius 3 is 2.52 bits per heavy atom. The number of likely N-dealkylation sites (N-methyl/N-ethyl adjacent to an activating group) is 1. The molecule has 9 nitrogen and oxygen atoms in total. The summed E-state index contributed by atoms with van der Waals surface area (Å²) in [5, 5.41) is 35.3. The number of hydrogen-bond donors (Lipinski definition) is 5. The number of ether oxygens (including phenoxy) is 1. The van der Waals surface area contributed by atoms with Crippen LogP contribution in [0, 0.1) is 11.8 Å². The molecular formula is C22H24N2O7. The number of methoxy groups -OCH3 is 1. The highest BCUT2D eigenvalue weighted by molar-refractivity contribution is 6.23. The molecule has 0 spiro atoms. The highest BCUT2D eigenvalue weighted by Crippen LogP contribution is 2.56. The first-order valence-electron chi connectivity index (χ1n) is 9.92. The van der Waals surface area contributed by atoms with Crippen molar-refractivity contribution in [3.63, 3.8) is 0 Å². The number of benzene rings is 1. The van der Waals surface area contributed by atoms with Crippen molar-refractivity contribution < 1.29 is 34.4 Å². The Hall–Kier alpha value is -3.17. The summed E-state index contributed by atoms with van der Waals surface area (Å²) in [5.41, 5.74) is 3.53. The molecule has 5 atom stereocenters. The molecular weight excluding hydrogens is 404 g/mol. The van der Waals surface area contributed by atoms with E-state index in [0.717, 1.165) is 0 Å². The van der Waals surface area contributed by atoms with Crippen LogP contribution in [0.4, 0.5) is 0 Å². The van der Waals surface area contributed by atoms with Gasteiger partial charge in [0, 0.05) is 30.9 Å². The first-order valence-corrected chi connectivity index (χ1v) is 9.92. The quantitative estimate of drug-likeness (QED) is 0.443. The number of phenols is 1. The molecule has 0 bridgehead atoms. The minimum absolute atomic E-state index is 0.0383. The van der Waals surface area contributed by atoms with E-state index in [-0.39, 0.29) is 29.2 Å². The number of primary amides is 1.